The first-order valence-electron chi connectivity index (χ1n) is 9.06. The highest BCUT2D eigenvalue weighted by Crippen LogP contribution is 2.18. The Balaban J connectivity index is 1.53. The Morgan fingerprint density at radius 3 is 2.76 bits per heavy atom. The number of rotatable bonds is 7. The second kappa shape index (κ2) is 9.15. The van der Waals surface area contributed by atoms with E-state index in [4.69, 9.17) is 10.2 Å². The summed E-state index contributed by atoms with van der Waals surface area (Å²) in [5.41, 5.74) is 6.10. The maximum absolute atomic E-state index is 12.5. The molecule has 2 heterocycles. The fraction of sp³-hybridized carbons (Fsp3) is 0.389. The SMILES string of the molecule is NCOC(=O)NCC(=O)N1CCCC1C(=O)NCC(=O)c1nc2ccccc2o1. The Labute approximate surface area is 165 Å². The number of aromatic nitrogens is 1. The highest BCUT2D eigenvalue weighted by Gasteiger charge is 2.34. The topological polar surface area (TPSA) is 157 Å². The van der Waals surface area contributed by atoms with E-state index >= 15 is 0 Å². The molecule has 2 aromatic rings. The molecule has 0 bridgehead atoms. The lowest BCUT2D eigenvalue weighted by atomic mass is 10.2. The van der Waals surface area contributed by atoms with Gasteiger partial charge in [0.05, 0.1) is 6.54 Å². The monoisotopic (exact) mass is 403 g/mol. The number of ketones is 1. The third-order valence-electron chi connectivity index (χ3n) is 4.43. The predicted octanol–water partition coefficient (Wildman–Crippen LogP) is -0.240. The highest BCUT2D eigenvalue weighted by atomic mass is 16.6. The number of hydrogen-bond acceptors (Lipinski definition) is 8. The van der Waals surface area contributed by atoms with Gasteiger partial charge in [0.25, 0.3) is 5.89 Å². The van der Waals surface area contributed by atoms with Gasteiger partial charge in [-0.05, 0) is 25.0 Å². The van der Waals surface area contributed by atoms with E-state index < -0.39 is 29.7 Å². The zero-order valence-electron chi connectivity index (χ0n) is 15.6. The maximum atomic E-state index is 12.5. The van der Waals surface area contributed by atoms with Crippen molar-refractivity contribution in [2.75, 3.05) is 26.4 Å². The van der Waals surface area contributed by atoms with E-state index in [0.29, 0.717) is 30.5 Å². The van der Waals surface area contributed by atoms with Crippen LogP contribution in [0.4, 0.5) is 4.79 Å². The molecule has 1 atom stereocenters. The molecule has 11 nitrogen and oxygen atoms in total. The number of nitrogens with zero attached hydrogens (tertiary/aromatic N) is 2. The third-order valence-corrected chi connectivity index (χ3v) is 4.43. The summed E-state index contributed by atoms with van der Waals surface area (Å²) in [6.45, 7) is -0.539. The number of hydrogen-bond donors (Lipinski definition) is 3. The number of carbonyl (C=O) groups excluding carboxylic acids is 4. The van der Waals surface area contributed by atoms with Crippen molar-refractivity contribution in [2.24, 2.45) is 5.73 Å². The molecule has 0 aliphatic carbocycles. The Morgan fingerprint density at radius 2 is 2.00 bits per heavy atom. The van der Waals surface area contributed by atoms with Gasteiger partial charge in [-0.1, -0.05) is 12.1 Å². The van der Waals surface area contributed by atoms with Crippen LogP contribution in [0, 0.1) is 0 Å². The molecule has 0 spiro atoms. The first-order chi connectivity index (χ1) is 14.0. The molecule has 1 fully saturated rings. The van der Waals surface area contributed by atoms with Gasteiger partial charge in [-0.15, -0.1) is 0 Å². The lowest BCUT2D eigenvalue weighted by Gasteiger charge is -2.23. The van der Waals surface area contributed by atoms with Crippen molar-refractivity contribution in [3.63, 3.8) is 0 Å². The molecule has 11 heteroatoms. The van der Waals surface area contributed by atoms with Gasteiger partial charge in [0, 0.05) is 6.54 Å². The Kier molecular flexibility index (Phi) is 6.39. The van der Waals surface area contributed by atoms with E-state index in [1.807, 2.05) is 0 Å². The minimum Gasteiger partial charge on any atom is -0.434 e. The van der Waals surface area contributed by atoms with Crippen molar-refractivity contribution in [3.05, 3.63) is 30.2 Å². The van der Waals surface area contributed by atoms with Crippen LogP contribution in [-0.2, 0) is 14.3 Å². The molecule has 0 radical (unpaired) electrons. The summed E-state index contributed by atoms with van der Waals surface area (Å²) < 4.78 is 9.87. The zero-order chi connectivity index (χ0) is 20.8. The number of alkyl carbamates (subject to hydrolysis) is 1. The standard InChI is InChI=1S/C18H21N5O6/c19-10-28-18(27)21-9-15(25)23-7-3-5-12(23)16(26)20-8-13(24)17-22-11-4-1-2-6-14(11)29-17/h1-2,4,6,12H,3,5,7-10,19H2,(H,20,26)(H,21,27). The lowest BCUT2D eigenvalue weighted by Crippen LogP contribution is -2.49. The highest BCUT2D eigenvalue weighted by molar-refractivity contribution is 5.98. The molecule has 29 heavy (non-hydrogen) atoms. The first kappa shape index (κ1) is 20.3. The molecular weight excluding hydrogens is 382 g/mol. The minimum atomic E-state index is -0.815. The van der Waals surface area contributed by atoms with Crippen LogP contribution in [0.5, 0.6) is 0 Å². The van der Waals surface area contributed by atoms with Crippen LogP contribution in [0.15, 0.2) is 28.7 Å². The molecule has 0 saturated carbocycles. The summed E-state index contributed by atoms with van der Waals surface area (Å²) in [5.74, 6) is -1.45. The van der Waals surface area contributed by atoms with E-state index in [1.54, 1.807) is 24.3 Å². The van der Waals surface area contributed by atoms with Crippen LogP contribution in [0.3, 0.4) is 0 Å². The molecule has 3 amide bonds. The van der Waals surface area contributed by atoms with Crippen LogP contribution in [-0.4, -0.2) is 66.0 Å². The summed E-state index contributed by atoms with van der Waals surface area (Å²) in [6.07, 6.45) is 0.280. The molecule has 4 N–H and O–H groups in total. The van der Waals surface area contributed by atoms with Crippen molar-refractivity contribution in [2.45, 2.75) is 18.9 Å². The third kappa shape index (κ3) is 4.88. The molecular formula is C18H21N5O6. The number of Topliss-reactive ketones (excluding diaryl/α,β-unsaturated/α-hetero) is 1. The number of amides is 3. The van der Waals surface area contributed by atoms with Crippen LogP contribution < -0.4 is 16.4 Å². The van der Waals surface area contributed by atoms with Crippen molar-refractivity contribution >= 4 is 34.8 Å². The van der Waals surface area contributed by atoms with E-state index in [9.17, 15) is 19.2 Å². The van der Waals surface area contributed by atoms with Gasteiger partial charge >= 0.3 is 6.09 Å². The fourth-order valence-electron chi connectivity index (χ4n) is 3.07. The first-order valence-corrected chi connectivity index (χ1v) is 9.06. The second-order valence-corrected chi connectivity index (χ2v) is 6.32. The zero-order valence-corrected chi connectivity index (χ0v) is 15.6. The molecule has 1 aliphatic heterocycles. The van der Waals surface area contributed by atoms with Gasteiger partial charge in [-0.2, -0.15) is 0 Å². The number of oxazole rings is 1. The number of fused-ring (bicyclic) bond motifs is 1. The smallest absolute Gasteiger partial charge is 0.408 e. The van der Waals surface area contributed by atoms with Gasteiger partial charge in [0.15, 0.2) is 5.58 Å². The molecule has 1 aromatic heterocycles. The second-order valence-electron chi connectivity index (χ2n) is 6.32. The van der Waals surface area contributed by atoms with Crippen LogP contribution in [0.2, 0.25) is 0 Å². The predicted molar refractivity (Wildman–Crippen MR) is 99.6 cm³/mol. The fourth-order valence-corrected chi connectivity index (χ4v) is 3.07. The van der Waals surface area contributed by atoms with E-state index in [1.165, 1.54) is 4.90 Å². The van der Waals surface area contributed by atoms with Crippen molar-refractivity contribution < 1.29 is 28.3 Å². The largest absolute Gasteiger partial charge is 0.434 e. The normalized spacial score (nSPS) is 15.9. The summed E-state index contributed by atoms with van der Waals surface area (Å²) in [4.78, 5) is 53.7. The Bertz CT molecular complexity index is 893. The van der Waals surface area contributed by atoms with Crippen LogP contribution in [0.1, 0.15) is 23.5 Å². The van der Waals surface area contributed by atoms with Crippen molar-refractivity contribution in [1.29, 1.82) is 0 Å². The van der Waals surface area contributed by atoms with Gasteiger partial charge < -0.3 is 24.7 Å². The van der Waals surface area contributed by atoms with Gasteiger partial charge in [-0.25, -0.2) is 9.78 Å². The van der Waals surface area contributed by atoms with E-state index in [2.05, 4.69) is 20.4 Å². The van der Waals surface area contributed by atoms with Crippen LogP contribution in [0.25, 0.3) is 11.1 Å². The molecule has 1 aliphatic rings. The summed E-state index contributed by atoms with van der Waals surface area (Å²) >= 11 is 0. The number of likely N-dealkylation sites (tertiary alicyclic amines) is 1. The Morgan fingerprint density at radius 1 is 1.21 bits per heavy atom. The number of carbonyl (C=O) groups is 4. The molecule has 1 aromatic carbocycles. The van der Waals surface area contributed by atoms with Crippen LogP contribution >= 0.6 is 0 Å². The van der Waals surface area contributed by atoms with Gasteiger partial charge in [0.2, 0.25) is 17.6 Å². The average Bonchev–Trinajstić information content (AvgIpc) is 3.37. The molecule has 3 rings (SSSR count). The van der Waals surface area contributed by atoms with Crippen molar-refractivity contribution in [1.82, 2.24) is 20.5 Å². The molecule has 154 valence electrons. The molecule has 1 unspecified atom stereocenters. The summed E-state index contributed by atoms with van der Waals surface area (Å²) in [5, 5.41) is 4.79. The Hall–Kier alpha value is -3.47. The number of ether oxygens (including phenoxy) is 1. The van der Waals surface area contributed by atoms with E-state index in [0.717, 1.165) is 0 Å². The van der Waals surface area contributed by atoms with E-state index in [-0.39, 0.29) is 25.7 Å². The quantitative estimate of drug-likeness (QED) is 0.422. The minimum absolute atomic E-state index is 0.0894. The number of nitrogens with two attached hydrogens (primary N) is 1. The lowest BCUT2D eigenvalue weighted by molar-refractivity contribution is -0.137. The number of benzene rings is 1. The summed E-state index contributed by atoms with van der Waals surface area (Å²) in [6, 6.07) is 6.23. The van der Waals surface area contributed by atoms with Crippen molar-refractivity contribution in [3.8, 4) is 0 Å². The van der Waals surface area contributed by atoms with Gasteiger partial charge in [0.1, 0.15) is 24.8 Å². The maximum Gasteiger partial charge on any atom is 0.408 e. The molecule has 1 saturated heterocycles. The number of para-hydroxylation sites is 2. The summed E-state index contributed by atoms with van der Waals surface area (Å²) in [7, 11) is 0. The number of nitrogens with one attached hydrogen (secondary N) is 2. The average molecular weight is 403 g/mol. The van der Waals surface area contributed by atoms with Gasteiger partial charge in [-0.3, -0.25) is 20.1 Å².